The van der Waals surface area contributed by atoms with E-state index in [9.17, 15) is 14.4 Å². The van der Waals surface area contributed by atoms with E-state index in [1.165, 1.54) is 6.07 Å². The number of hydrogen-bond donors (Lipinski definition) is 0. The third-order valence-corrected chi connectivity index (χ3v) is 6.10. The molecule has 2 aliphatic rings. The van der Waals surface area contributed by atoms with Crippen molar-refractivity contribution in [3.63, 3.8) is 0 Å². The highest BCUT2D eigenvalue weighted by Crippen LogP contribution is 2.39. The summed E-state index contributed by atoms with van der Waals surface area (Å²) in [6.07, 6.45) is 6.35. The third kappa shape index (κ3) is 3.45. The molecule has 0 aromatic carbocycles. The van der Waals surface area contributed by atoms with E-state index in [0.717, 1.165) is 18.5 Å². The zero-order valence-electron chi connectivity index (χ0n) is 16.7. The van der Waals surface area contributed by atoms with Gasteiger partial charge < -0.3 is 14.4 Å². The summed E-state index contributed by atoms with van der Waals surface area (Å²) in [5.41, 5.74) is 0.204. The highest BCUT2D eigenvalue weighted by atomic mass is 16.2. The van der Waals surface area contributed by atoms with Crippen molar-refractivity contribution in [2.45, 2.75) is 51.2 Å². The molecule has 0 bridgehead atoms. The van der Waals surface area contributed by atoms with E-state index in [0.29, 0.717) is 44.6 Å². The number of carbonyl (C=O) groups is 2. The molecule has 2 fully saturated rings. The predicted octanol–water partition coefficient (Wildman–Crippen LogP) is 2.06. The zero-order valence-corrected chi connectivity index (χ0v) is 16.7. The minimum Gasteiger partial charge on any atom is -0.335 e. The van der Waals surface area contributed by atoms with Crippen LogP contribution in [-0.4, -0.2) is 49.8 Å². The number of pyridine rings is 2. The van der Waals surface area contributed by atoms with Crippen LogP contribution >= 0.6 is 0 Å². The third-order valence-electron chi connectivity index (χ3n) is 6.10. The number of hydrogen-bond acceptors (Lipinski definition) is 4. The molecule has 0 radical (unpaired) electrons. The van der Waals surface area contributed by atoms with E-state index in [1.807, 2.05) is 30.0 Å². The molecule has 1 unspecified atom stereocenters. The van der Waals surface area contributed by atoms with E-state index in [1.54, 1.807) is 27.9 Å². The van der Waals surface area contributed by atoms with Gasteiger partial charge in [-0.25, -0.2) is 0 Å². The Balaban J connectivity index is 1.60. The van der Waals surface area contributed by atoms with Crippen molar-refractivity contribution < 1.29 is 9.59 Å². The highest BCUT2D eigenvalue weighted by molar-refractivity contribution is 6.00. The Morgan fingerprint density at radius 1 is 1.14 bits per heavy atom. The number of aromatic nitrogens is 2. The van der Waals surface area contributed by atoms with Gasteiger partial charge >= 0.3 is 0 Å². The van der Waals surface area contributed by atoms with Crippen molar-refractivity contribution in [2.75, 3.05) is 13.1 Å². The van der Waals surface area contributed by atoms with E-state index < -0.39 is 5.54 Å². The van der Waals surface area contributed by atoms with Crippen molar-refractivity contribution in [1.82, 2.24) is 19.4 Å². The maximum absolute atomic E-state index is 13.5. The van der Waals surface area contributed by atoms with Gasteiger partial charge in [-0.1, -0.05) is 6.07 Å². The highest BCUT2D eigenvalue weighted by Gasteiger charge is 2.52. The van der Waals surface area contributed by atoms with Gasteiger partial charge in [0.25, 0.3) is 11.5 Å². The number of nitrogens with zero attached hydrogens (tertiary/aromatic N) is 4. The Bertz CT molecular complexity index is 972. The lowest BCUT2D eigenvalue weighted by atomic mass is 9.85. The Morgan fingerprint density at radius 2 is 1.93 bits per heavy atom. The first-order chi connectivity index (χ1) is 14.0. The molecule has 2 aliphatic heterocycles. The van der Waals surface area contributed by atoms with Crippen LogP contribution < -0.4 is 5.56 Å². The predicted molar refractivity (Wildman–Crippen MR) is 108 cm³/mol. The van der Waals surface area contributed by atoms with Gasteiger partial charge in [0, 0.05) is 43.7 Å². The summed E-state index contributed by atoms with van der Waals surface area (Å²) in [5, 5.41) is 0. The first-order valence-electron chi connectivity index (χ1n) is 10.3. The Labute approximate surface area is 170 Å². The van der Waals surface area contributed by atoms with Crippen LogP contribution in [0, 0.1) is 0 Å². The van der Waals surface area contributed by atoms with Crippen molar-refractivity contribution in [1.29, 1.82) is 0 Å². The van der Waals surface area contributed by atoms with E-state index >= 15 is 0 Å². The summed E-state index contributed by atoms with van der Waals surface area (Å²) in [4.78, 5) is 46.8. The molecular weight excluding hydrogens is 368 g/mol. The molecule has 0 N–H and O–H groups in total. The number of carbonyl (C=O) groups excluding carboxylic acids is 2. The molecule has 1 atom stereocenters. The maximum atomic E-state index is 13.5. The molecular formula is C22H26N4O3. The SMILES string of the molecule is CCn1ccc(C(=O)N2CCCC23CCCN(Cc2ccccn2)C3=O)cc1=O. The van der Waals surface area contributed by atoms with Crippen LogP contribution in [0.5, 0.6) is 0 Å². The van der Waals surface area contributed by atoms with Crippen LogP contribution in [0.25, 0.3) is 0 Å². The largest absolute Gasteiger partial charge is 0.335 e. The molecule has 2 saturated heterocycles. The first kappa shape index (κ1) is 19.4. The Morgan fingerprint density at radius 3 is 2.62 bits per heavy atom. The van der Waals surface area contributed by atoms with Gasteiger partial charge in [0.05, 0.1) is 12.2 Å². The van der Waals surface area contributed by atoms with Gasteiger partial charge in [0.2, 0.25) is 5.91 Å². The number of amides is 2. The standard InChI is InChI=1S/C22H26N4O3/c1-2-24-14-8-17(15-19(24)27)20(28)26-13-6-10-22(26)9-5-12-25(21(22)29)16-18-7-3-4-11-23-18/h3-4,7-8,11,14-15H,2,5-6,9-10,12-13,16H2,1H3. The maximum Gasteiger partial charge on any atom is 0.255 e. The number of piperidine rings is 1. The van der Waals surface area contributed by atoms with Crippen LogP contribution in [0.3, 0.4) is 0 Å². The summed E-state index contributed by atoms with van der Waals surface area (Å²) in [6.45, 7) is 4.11. The average Bonchev–Trinajstić information content (AvgIpc) is 3.16. The molecule has 2 aromatic heterocycles. The molecule has 152 valence electrons. The number of aryl methyl sites for hydroxylation is 1. The topological polar surface area (TPSA) is 75.5 Å². The second kappa shape index (κ2) is 7.81. The van der Waals surface area contributed by atoms with Crippen molar-refractivity contribution >= 4 is 11.8 Å². The number of rotatable bonds is 4. The summed E-state index contributed by atoms with van der Waals surface area (Å²) in [7, 11) is 0. The molecule has 1 spiro atoms. The summed E-state index contributed by atoms with van der Waals surface area (Å²) in [6, 6.07) is 8.74. The van der Waals surface area contributed by atoms with Crippen LogP contribution in [0.2, 0.25) is 0 Å². The lowest BCUT2D eigenvalue weighted by Gasteiger charge is -2.44. The molecule has 2 aromatic rings. The van der Waals surface area contributed by atoms with Gasteiger partial charge in [-0.05, 0) is 50.8 Å². The van der Waals surface area contributed by atoms with Gasteiger partial charge in [0.1, 0.15) is 5.54 Å². The zero-order chi connectivity index (χ0) is 20.4. The normalized spacial score (nSPS) is 21.8. The van der Waals surface area contributed by atoms with Crippen LogP contribution in [0.4, 0.5) is 0 Å². The smallest absolute Gasteiger partial charge is 0.255 e. The fourth-order valence-electron chi connectivity index (χ4n) is 4.62. The lowest BCUT2D eigenvalue weighted by molar-refractivity contribution is -0.146. The fraction of sp³-hybridized carbons (Fsp3) is 0.455. The molecule has 2 amide bonds. The van der Waals surface area contributed by atoms with E-state index in [4.69, 9.17) is 0 Å². The van der Waals surface area contributed by atoms with Gasteiger partial charge in [0.15, 0.2) is 0 Å². The molecule has 0 saturated carbocycles. The van der Waals surface area contributed by atoms with E-state index in [-0.39, 0.29) is 17.4 Å². The molecule has 7 nitrogen and oxygen atoms in total. The Hall–Kier alpha value is -2.96. The second-order valence-electron chi connectivity index (χ2n) is 7.78. The second-order valence-corrected chi connectivity index (χ2v) is 7.78. The van der Waals surface area contributed by atoms with Gasteiger partial charge in [-0.3, -0.25) is 19.4 Å². The molecule has 4 rings (SSSR count). The summed E-state index contributed by atoms with van der Waals surface area (Å²) < 4.78 is 1.55. The molecule has 4 heterocycles. The first-order valence-corrected chi connectivity index (χ1v) is 10.3. The summed E-state index contributed by atoms with van der Waals surface area (Å²) in [5.74, 6) is -0.224. The monoisotopic (exact) mass is 394 g/mol. The average molecular weight is 394 g/mol. The van der Waals surface area contributed by atoms with Crippen LogP contribution in [0.15, 0.2) is 47.5 Å². The van der Waals surface area contributed by atoms with Crippen LogP contribution in [-0.2, 0) is 17.9 Å². The van der Waals surface area contributed by atoms with Crippen molar-refractivity contribution in [2.24, 2.45) is 0 Å². The number of likely N-dealkylation sites (tertiary alicyclic amines) is 2. The van der Waals surface area contributed by atoms with Gasteiger partial charge in [-0.2, -0.15) is 0 Å². The molecule has 29 heavy (non-hydrogen) atoms. The lowest BCUT2D eigenvalue weighted by Crippen LogP contribution is -2.61. The van der Waals surface area contributed by atoms with Crippen molar-refractivity contribution in [3.05, 3.63) is 64.3 Å². The fourth-order valence-corrected chi connectivity index (χ4v) is 4.62. The Kier molecular flexibility index (Phi) is 5.22. The van der Waals surface area contributed by atoms with Crippen molar-refractivity contribution in [3.8, 4) is 0 Å². The summed E-state index contributed by atoms with van der Waals surface area (Å²) >= 11 is 0. The quantitative estimate of drug-likeness (QED) is 0.796. The van der Waals surface area contributed by atoms with Crippen LogP contribution in [0.1, 0.15) is 48.7 Å². The minimum absolute atomic E-state index is 0.00199. The molecule has 7 heteroatoms. The molecule has 0 aliphatic carbocycles. The minimum atomic E-state index is -0.802. The van der Waals surface area contributed by atoms with E-state index in [2.05, 4.69) is 4.98 Å². The van der Waals surface area contributed by atoms with Gasteiger partial charge in [-0.15, -0.1) is 0 Å².